The molecule has 0 aliphatic rings. The number of carbonyl (C=O) groups is 1. The van der Waals surface area contributed by atoms with E-state index in [2.05, 4.69) is 34.4 Å². The van der Waals surface area contributed by atoms with Crippen LogP contribution >= 0.6 is 11.3 Å². The van der Waals surface area contributed by atoms with E-state index in [1.807, 2.05) is 30.3 Å². The van der Waals surface area contributed by atoms with Crippen LogP contribution < -0.4 is 10.6 Å². The van der Waals surface area contributed by atoms with Crippen LogP contribution in [0.2, 0.25) is 0 Å². The molecule has 4 heteroatoms. The smallest absolute Gasteiger partial charge is 0.221 e. The van der Waals surface area contributed by atoms with Crippen LogP contribution in [-0.4, -0.2) is 12.5 Å². The summed E-state index contributed by atoms with van der Waals surface area (Å²) in [4.78, 5) is 11.7. The molecule has 0 aliphatic carbocycles. The normalized spacial score (nSPS) is 12.1. The molecular formula is C16H20N2OS. The van der Waals surface area contributed by atoms with Crippen LogP contribution in [0.15, 0.2) is 47.2 Å². The molecular weight excluding hydrogens is 268 g/mol. The van der Waals surface area contributed by atoms with Gasteiger partial charge in [-0.1, -0.05) is 30.3 Å². The summed E-state index contributed by atoms with van der Waals surface area (Å²) in [6.07, 6.45) is 0.501. The lowest BCUT2D eigenvalue weighted by atomic mass is 10.2. The summed E-state index contributed by atoms with van der Waals surface area (Å²) in [6, 6.07) is 12.4. The Bertz CT molecular complexity index is 511. The third kappa shape index (κ3) is 4.79. The second-order valence-electron chi connectivity index (χ2n) is 4.74. The maximum Gasteiger partial charge on any atom is 0.221 e. The maximum atomic E-state index is 11.7. The molecule has 106 valence electrons. The second kappa shape index (κ2) is 7.82. The van der Waals surface area contributed by atoms with Gasteiger partial charge >= 0.3 is 0 Å². The summed E-state index contributed by atoms with van der Waals surface area (Å²) in [5, 5.41) is 10.5. The van der Waals surface area contributed by atoms with Gasteiger partial charge in [-0.05, 0) is 34.9 Å². The Morgan fingerprint density at radius 1 is 1.25 bits per heavy atom. The van der Waals surface area contributed by atoms with Crippen molar-refractivity contribution in [3.8, 4) is 0 Å². The fraction of sp³-hybridized carbons (Fsp3) is 0.312. The Morgan fingerprint density at radius 2 is 2.05 bits per heavy atom. The van der Waals surface area contributed by atoms with Gasteiger partial charge in [0.25, 0.3) is 0 Å². The highest BCUT2D eigenvalue weighted by atomic mass is 32.1. The number of thiophene rings is 1. The average Bonchev–Trinajstić information content (AvgIpc) is 3.00. The largest absolute Gasteiger partial charge is 0.352 e. The molecule has 0 unspecified atom stereocenters. The predicted molar refractivity (Wildman–Crippen MR) is 83.6 cm³/mol. The van der Waals surface area contributed by atoms with Gasteiger partial charge in [0.2, 0.25) is 5.91 Å². The molecule has 1 amide bonds. The predicted octanol–water partition coefficient (Wildman–Crippen LogP) is 3.11. The highest BCUT2D eigenvalue weighted by Gasteiger charge is 2.06. The molecule has 0 spiro atoms. The lowest BCUT2D eigenvalue weighted by Crippen LogP contribution is -2.28. The molecule has 1 heterocycles. The van der Waals surface area contributed by atoms with Gasteiger partial charge in [-0.15, -0.1) is 0 Å². The van der Waals surface area contributed by atoms with Crippen molar-refractivity contribution in [2.24, 2.45) is 0 Å². The topological polar surface area (TPSA) is 41.1 Å². The van der Waals surface area contributed by atoms with E-state index in [-0.39, 0.29) is 5.91 Å². The van der Waals surface area contributed by atoms with Crippen LogP contribution in [0.1, 0.15) is 30.5 Å². The van der Waals surface area contributed by atoms with Crippen molar-refractivity contribution in [1.82, 2.24) is 10.6 Å². The van der Waals surface area contributed by atoms with Crippen molar-refractivity contribution < 1.29 is 4.79 Å². The van der Waals surface area contributed by atoms with Crippen molar-refractivity contribution in [2.45, 2.75) is 25.9 Å². The SMILES string of the molecule is C[C@H](NCCC(=O)NCc1ccccc1)c1ccsc1. The van der Waals surface area contributed by atoms with Crippen LogP contribution in [0, 0.1) is 0 Å². The van der Waals surface area contributed by atoms with E-state index in [0.29, 0.717) is 25.6 Å². The van der Waals surface area contributed by atoms with E-state index in [9.17, 15) is 4.79 Å². The zero-order chi connectivity index (χ0) is 14.2. The number of hydrogen-bond acceptors (Lipinski definition) is 3. The lowest BCUT2D eigenvalue weighted by Gasteiger charge is -2.12. The van der Waals surface area contributed by atoms with Crippen LogP contribution in [0.4, 0.5) is 0 Å². The zero-order valence-corrected chi connectivity index (χ0v) is 12.5. The van der Waals surface area contributed by atoms with Gasteiger partial charge in [0.1, 0.15) is 0 Å². The van der Waals surface area contributed by atoms with Crippen LogP contribution in [0.25, 0.3) is 0 Å². The summed E-state index contributed by atoms with van der Waals surface area (Å²) in [6.45, 7) is 3.40. The molecule has 0 aliphatic heterocycles. The van der Waals surface area contributed by atoms with Crippen LogP contribution in [-0.2, 0) is 11.3 Å². The van der Waals surface area contributed by atoms with Gasteiger partial charge in [0.15, 0.2) is 0 Å². The number of nitrogens with one attached hydrogen (secondary N) is 2. The van der Waals surface area contributed by atoms with E-state index in [1.54, 1.807) is 11.3 Å². The number of amides is 1. The van der Waals surface area contributed by atoms with Crippen molar-refractivity contribution in [2.75, 3.05) is 6.54 Å². The third-order valence-electron chi connectivity index (χ3n) is 3.18. The van der Waals surface area contributed by atoms with E-state index >= 15 is 0 Å². The van der Waals surface area contributed by atoms with E-state index in [1.165, 1.54) is 5.56 Å². The maximum absolute atomic E-state index is 11.7. The molecule has 0 radical (unpaired) electrons. The monoisotopic (exact) mass is 288 g/mol. The average molecular weight is 288 g/mol. The van der Waals surface area contributed by atoms with Crippen molar-refractivity contribution in [3.05, 3.63) is 58.3 Å². The summed E-state index contributed by atoms with van der Waals surface area (Å²) in [5.74, 6) is 0.0823. The Hall–Kier alpha value is -1.65. The molecule has 0 bridgehead atoms. The third-order valence-corrected chi connectivity index (χ3v) is 3.88. The van der Waals surface area contributed by atoms with Gasteiger partial charge in [-0.3, -0.25) is 4.79 Å². The first-order valence-electron chi connectivity index (χ1n) is 6.82. The molecule has 1 aromatic heterocycles. The van der Waals surface area contributed by atoms with Crippen molar-refractivity contribution in [3.63, 3.8) is 0 Å². The van der Waals surface area contributed by atoms with Crippen molar-refractivity contribution >= 4 is 17.2 Å². The number of carbonyl (C=O) groups excluding carboxylic acids is 1. The molecule has 20 heavy (non-hydrogen) atoms. The van der Waals surface area contributed by atoms with Crippen LogP contribution in [0.5, 0.6) is 0 Å². The van der Waals surface area contributed by atoms with Crippen LogP contribution in [0.3, 0.4) is 0 Å². The molecule has 0 saturated heterocycles. The summed E-state index contributed by atoms with van der Waals surface area (Å²) < 4.78 is 0. The first-order valence-corrected chi connectivity index (χ1v) is 7.76. The first kappa shape index (κ1) is 14.8. The number of rotatable bonds is 7. The molecule has 2 N–H and O–H groups in total. The van der Waals surface area contributed by atoms with Gasteiger partial charge < -0.3 is 10.6 Å². The van der Waals surface area contributed by atoms with E-state index < -0.39 is 0 Å². The van der Waals surface area contributed by atoms with Gasteiger partial charge in [-0.25, -0.2) is 0 Å². The highest BCUT2D eigenvalue weighted by molar-refractivity contribution is 7.07. The minimum absolute atomic E-state index is 0.0823. The number of benzene rings is 1. The van der Waals surface area contributed by atoms with E-state index in [4.69, 9.17) is 0 Å². The second-order valence-corrected chi connectivity index (χ2v) is 5.52. The fourth-order valence-electron chi connectivity index (χ4n) is 1.93. The van der Waals surface area contributed by atoms with Gasteiger partial charge in [-0.2, -0.15) is 11.3 Å². The van der Waals surface area contributed by atoms with Crippen molar-refractivity contribution in [1.29, 1.82) is 0 Å². The van der Waals surface area contributed by atoms with E-state index in [0.717, 1.165) is 5.56 Å². The quantitative estimate of drug-likeness (QED) is 0.822. The molecule has 1 aromatic carbocycles. The highest BCUT2D eigenvalue weighted by Crippen LogP contribution is 2.15. The molecule has 2 aromatic rings. The molecule has 1 atom stereocenters. The minimum atomic E-state index is 0.0823. The molecule has 2 rings (SSSR count). The Kier molecular flexibility index (Phi) is 5.77. The number of hydrogen-bond donors (Lipinski definition) is 2. The Morgan fingerprint density at radius 3 is 2.75 bits per heavy atom. The Labute approximate surface area is 124 Å². The lowest BCUT2D eigenvalue weighted by molar-refractivity contribution is -0.121. The fourth-order valence-corrected chi connectivity index (χ4v) is 2.68. The summed E-state index contributed by atoms with van der Waals surface area (Å²) in [5.41, 5.74) is 2.40. The zero-order valence-electron chi connectivity index (χ0n) is 11.6. The minimum Gasteiger partial charge on any atom is -0.352 e. The van der Waals surface area contributed by atoms with Gasteiger partial charge in [0.05, 0.1) is 0 Å². The summed E-state index contributed by atoms with van der Waals surface area (Å²) in [7, 11) is 0. The summed E-state index contributed by atoms with van der Waals surface area (Å²) >= 11 is 1.69. The molecule has 0 saturated carbocycles. The Balaban J connectivity index is 1.63. The first-order chi connectivity index (χ1) is 9.75. The standard InChI is InChI=1S/C16H20N2OS/c1-13(15-8-10-20-12-15)17-9-7-16(19)18-11-14-5-3-2-4-6-14/h2-6,8,10,12-13,17H,7,9,11H2,1H3,(H,18,19)/t13-/m0/s1. The molecule has 0 fully saturated rings. The molecule has 3 nitrogen and oxygen atoms in total. The van der Waals surface area contributed by atoms with Gasteiger partial charge in [0, 0.05) is 25.6 Å².